The molecule has 10 heteroatoms. The second kappa shape index (κ2) is 7.54. The first-order chi connectivity index (χ1) is 12.9. The van der Waals surface area contributed by atoms with Gasteiger partial charge in [-0.2, -0.15) is 0 Å². The Hall–Kier alpha value is -3.27. The molecule has 1 heterocycles. The molecule has 140 valence electrons. The Morgan fingerprint density at radius 2 is 1.74 bits per heavy atom. The molecule has 2 aromatic rings. The van der Waals surface area contributed by atoms with E-state index in [4.69, 9.17) is 0 Å². The molecule has 1 aliphatic heterocycles. The predicted molar refractivity (Wildman–Crippen MR) is 94.8 cm³/mol. The highest BCUT2D eigenvalue weighted by Gasteiger charge is 2.29. The van der Waals surface area contributed by atoms with Crippen molar-refractivity contribution < 1.29 is 22.4 Å². The number of fused-ring (bicyclic) bond motifs is 1. The summed E-state index contributed by atoms with van der Waals surface area (Å²) in [5.41, 5.74) is 5.06. The zero-order valence-electron chi connectivity index (χ0n) is 13.9. The van der Waals surface area contributed by atoms with E-state index in [0.717, 1.165) is 12.1 Å². The summed E-state index contributed by atoms with van der Waals surface area (Å²) >= 11 is 0. The van der Waals surface area contributed by atoms with Crippen molar-refractivity contribution in [1.29, 1.82) is 0 Å². The van der Waals surface area contributed by atoms with Gasteiger partial charge in [0.05, 0.1) is 11.4 Å². The van der Waals surface area contributed by atoms with Crippen LogP contribution in [0.4, 0.5) is 4.39 Å². The van der Waals surface area contributed by atoms with E-state index < -0.39 is 27.7 Å². The maximum Gasteiger partial charge on any atom is 0.269 e. The van der Waals surface area contributed by atoms with Crippen LogP contribution in [0, 0.1) is 5.82 Å². The van der Waals surface area contributed by atoms with Crippen LogP contribution in [-0.2, 0) is 14.8 Å². The number of hydrogen-bond donors (Lipinski definition) is 3. The van der Waals surface area contributed by atoms with Crippen LogP contribution in [0.25, 0.3) is 0 Å². The molecule has 0 aromatic heterocycles. The van der Waals surface area contributed by atoms with Gasteiger partial charge in [0, 0.05) is 17.5 Å². The first-order valence-electron chi connectivity index (χ1n) is 7.88. The van der Waals surface area contributed by atoms with E-state index >= 15 is 0 Å². The molecule has 0 aliphatic carbocycles. The lowest BCUT2D eigenvalue weighted by Gasteiger charge is -2.06. The smallest absolute Gasteiger partial charge is 0.269 e. The minimum absolute atomic E-state index is 0.0183. The van der Waals surface area contributed by atoms with Gasteiger partial charge in [-0.25, -0.2) is 12.8 Å². The largest absolute Gasteiger partial charge is 0.273 e. The molecule has 3 rings (SSSR count). The quantitative estimate of drug-likeness (QED) is 0.667. The van der Waals surface area contributed by atoms with Crippen molar-refractivity contribution in [2.75, 3.05) is 6.54 Å². The van der Waals surface area contributed by atoms with E-state index in [-0.39, 0.29) is 29.3 Å². The molecule has 2 aromatic carbocycles. The second-order valence-electron chi connectivity index (χ2n) is 5.59. The molecule has 0 fully saturated rings. The summed E-state index contributed by atoms with van der Waals surface area (Å²) in [6.45, 7) is 0.0183. The molecule has 0 saturated carbocycles. The lowest BCUT2D eigenvalue weighted by atomic mass is 10.2. The molecule has 2 amide bonds. The second-order valence-corrected chi connectivity index (χ2v) is 7.24. The lowest BCUT2D eigenvalue weighted by Crippen LogP contribution is -2.41. The van der Waals surface area contributed by atoms with Gasteiger partial charge in [-0.1, -0.05) is 12.1 Å². The van der Waals surface area contributed by atoms with Crippen LogP contribution in [-0.4, -0.2) is 32.6 Å². The van der Waals surface area contributed by atoms with Crippen LogP contribution in [0.2, 0.25) is 0 Å². The highest BCUT2D eigenvalue weighted by atomic mass is 32.2. The highest BCUT2D eigenvalue weighted by molar-refractivity contribution is 7.90. The average molecular weight is 390 g/mol. The number of aliphatic imine (C=N–C) groups is 1. The van der Waals surface area contributed by atoms with Crippen molar-refractivity contribution in [3.05, 3.63) is 65.5 Å². The summed E-state index contributed by atoms with van der Waals surface area (Å²) in [5.74, 6) is -1.40. The molecule has 27 heavy (non-hydrogen) atoms. The fraction of sp³-hybridized carbons (Fsp3) is 0.118. The number of nitrogens with one attached hydrogen (secondary N) is 3. The van der Waals surface area contributed by atoms with Gasteiger partial charge < -0.3 is 0 Å². The number of rotatable bonds is 4. The van der Waals surface area contributed by atoms with Gasteiger partial charge in [-0.15, -0.1) is 0 Å². The van der Waals surface area contributed by atoms with Gasteiger partial charge in [-0.05, 0) is 36.4 Å². The number of nitrogens with zero attached hydrogens (tertiary/aromatic N) is 1. The van der Waals surface area contributed by atoms with E-state index in [0.29, 0.717) is 5.56 Å². The molecule has 1 aliphatic rings. The third-order valence-electron chi connectivity index (χ3n) is 3.69. The van der Waals surface area contributed by atoms with Crippen molar-refractivity contribution >= 4 is 27.7 Å². The minimum Gasteiger partial charge on any atom is -0.273 e. The molecule has 0 radical (unpaired) electrons. The van der Waals surface area contributed by atoms with E-state index in [2.05, 4.69) is 20.6 Å². The van der Waals surface area contributed by atoms with Gasteiger partial charge in [0.25, 0.3) is 15.9 Å². The third-order valence-corrected chi connectivity index (χ3v) is 5.09. The Bertz CT molecular complexity index is 1020. The topological polar surface area (TPSA) is 117 Å². The first-order valence-corrected chi connectivity index (χ1v) is 9.36. The number of sulfonamides is 1. The number of amidine groups is 1. The predicted octanol–water partition coefficient (Wildman–Crippen LogP) is 0.715. The Kier molecular flexibility index (Phi) is 5.17. The van der Waals surface area contributed by atoms with Gasteiger partial charge in [-0.3, -0.25) is 30.2 Å². The summed E-state index contributed by atoms with van der Waals surface area (Å²) < 4.78 is 39.1. The molecule has 0 atom stereocenters. The van der Waals surface area contributed by atoms with Crippen LogP contribution in [0.3, 0.4) is 0 Å². The summed E-state index contributed by atoms with van der Waals surface area (Å²) in [6.07, 6.45) is -0.0723. The van der Waals surface area contributed by atoms with Crippen molar-refractivity contribution in [3.8, 4) is 0 Å². The van der Waals surface area contributed by atoms with Gasteiger partial charge in [0.15, 0.2) is 0 Å². The van der Waals surface area contributed by atoms with Crippen LogP contribution >= 0.6 is 0 Å². The average Bonchev–Trinajstić information content (AvgIpc) is 2.91. The van der Waals surface area contributed by atoms with Gasteiger partial charge in [0.1, 0.15) is 11.7 Å². The normalized spacial score (nSPS) is 15.7. The number of carbonyl (C=O) groups excluding carboxylic acids is 2. The standard InChI is InChI=1S/C17H15FN4O4S/c18-12-7-5-11(6-8-12)17(24)21-20-15(23)9-10-19-16-13-3-1-2-4-14(13)27(25,26)22-16/h1-8H,9-10H2,(H,19,22)(H,20,23)(H,21,24). The van der Waals surface area contributed by atoms with Crippen LogP contribution in [0.15, 0.2) is 58.4 Å². The zero-order chi connectivity index (χ0) is 19.4. The van der Waals surface area contributed by atoms with Crippen LogP contribution in [0.5, 0.6) is 0 Å². The summed E-state index contributed by atoms with van der Waals surface area (Å²) in [4.78, 5) is 27.8. The third kappa shape index (κ3) is 4.29. The maximum absolute atomic E-state index is 12.8. The lowest BCUT2D eigenvalue weighted by molar-refractivity contribution is -0.121. The fourth-order valence-corrected chi connectivity index (χ4v) is 3.63. The van der Waals surface area contributed by atoms with E-state index in [9.17, 15) is 22.4 Å². The molecule has 0 bridgehead atoms. The first kappa shape index (κ1) is 18.5. The zero-order valence-corrected chi connectivity index (χ0v) is 14.7. The van der Waals surface area contributed by atoms with E-state index in [1.165, 1.54) is 18.2 Å². The molecule has 0 saturated heterocycles. The van der Waals surface area contributed by atoms with Gasteiger partial charge >= 0.3 is 0 Å². The van der Waals surface area contributed by atoms with Gasteiger partial charge in [0.2, 0.25) is 5.91 Å². The summed E-state index contributed by atoms with van der Waals surface area (Å²) in [5, 5.41) is 0. The number of amides is 2. The highest BCUT2D eigenvalue weighted by Crippen LogP contribution is 2.22. The van der Waals surface area contributed by atoms with Crippen LogP contribution < -0.4 is 15.6 Å². The summed E-state index contributed by atoms with van der Waals surface area (Å²) in [7, 11) is -3.63. The number of benzene rings is 2. The van der Waals surface area contributed by atoms with Crippen LogP contribution in [0.1, 0.15) is 22.3 Å². The van der Waals surface area contributed by atoms with Crippen molar-refractivity contribution in [2.24, 2.45) is 4.99 Å². The Morgan fingerprint density at radius 1 is 1.04 bits per heavy atom. The van der Waals surface area contributed by atoms with E-state index in [1.54, 1.807) is 18.2 Å². The maximum atomic E-state index is 12.8. The van der Waals surface area contributed by atoms with E-state index in [1.807, 2.05) is 0 Å². The number of carbonyl (C=O) groups is 2. The Labute approximate surface area is 154 Å². The number of hydrogen-bond acceptors (Lipinski definition) is 5. The minimum atomic E-state index is -3.63. The summed E-state index contributed by atoms with van der Waals surface area (Å²) in [6, 6.07) is 11.2. The SMILES string of the molecule is O=C(CCN=C1NS(=O)(=O)c2ccccc21)NNC(=O)c1ccc(F)cc1. The molecule has 3 N–H and O–H groups in total. The number of halogens is 1. The van der Waals surface area contributed by atoms with Crippen molar-refractivity contribution in [2.45, 2.75) is 11.3 Å². The monoisotopic (exact) mass is 390 g/mol. The van der Waals surface area contributed by atoms with Crippen molar-refractivity contribution in [1.82, 2.24) is 15.6 Å². The molecule has 0 spiro atoms. The molecular weight excluding hydrogens is 375 g/mol. The molecule has 0 unspecified atom stereocenters. The molecular formula is C17H15FN4O4S. The fourth-order valence-electron chi connectivity index (χ4n) is 2.38. The molecule has 8 nitrogen and oxygen atoms in total. The number of hydrazine groups is 1. The Morgan fingerprint density at radius 3 is 2.48 bits per heavy atom. The Balaban J connectivity index is 1.52. The van der Waals surface area contributed by atoms with Crippen molar-refractivity contribution in [3.63, 3.8) is 0 Å².